The lowest BCUT2D eigenvalue weighted by Crippen LogP contribution is -2.16. The second-order valence-corrected chi connectivity index (χ2v) is 5.52. The van der Waals surface area contributed by atoms with Gasteiger partial charge in [-0.2, -0.15) is 0 Å². The lowest BCUT2D eigenvalue weighted by Gasteiger charge is -2.20. The summed E-state index contributed by atoms with van der Waals surface area (Å²) in [6.45, 7) is 6.24. The van der Waals surface area contributed by atoms with Crippen molar-refractivity contribution in [3.05, 3.63) is 53.6 Å². The summed E-state index contributed by atoms with van der Waals surface area (Å²) in [7, 11) is 1.41. The number of carbonyl (C=O) groups is 1. The van der Waals surface area contributed by atoms with Gasteiger partial charge in [-0.3, -0.25) is 0 Å². The molecule has 0 aromatic heterocycles. The predicted molar refractivity (Wildman–Crippen MR) is 91.4 cm³/mol. The van der Waals surface area contributed by atoms with E-state index in [9.17, 15) is 4.79 Å². The number of esters is 1. The number of hydrogen-bond donors (Lipinski definition) is 1. The molecule has 0 unspecified atom stereocenters. The summed E-state index contributed by atoms with van der Waals surface area (Å²) in [4.78, 5) is 12.1. The van der Waals surface area contributed by atoms with Crippen LogP contribution in [0.2, 0.25) is 0 Å². The molecule has 0 aliphatic carbocycles. The molecule has 0 heterocycles. The van der Waals surface area contributed by atoms with Crippen LogP contribution in [0.3, 0.4) is 0 Å². The van der Waals surface area contributed by atoms with Gasteiger partial charge in [0, 0.05) is 6.04 Å². The number of methoxy groups -OCH3 is 1. The number of anilines is 1. The van der Waals surface area contributed by atoms with Crippen molar-refractivity contribution in [2.24, 2.45) is 0 Å². The monoisotopic (exact) mass is 297 g/mol. The Morgan fingerprint density at radius 3 is 2.36 bits per heavy atom. The first kappa shape index (κ1) is 16.1. The molecule has 0 saturated carbocycles. The van der Waals surface area contributed by atoms with Gasteiger partial charge < -0.3 is 10.1 Å². The molecule has 0 aliphatic rings. The molecule has 2 rings (SSSR count). The Morgan fingerprint density at radius 2 is 1.82 bits per heavy atom. The topological polar surface area (TPSA) is 38.3 Å². The van der Waals surface area contributed by atoms with Crippen LogP contribution in [0.25, 0.3) is 11.1 Å². The lowest BCUT2D eigenvalue weighted by atomic mass is 9.93. The van der Waals surface area contributed by atoms with Crippen LogP contribution < -0.4 is 5.32 Å². The minimum Gasteiger partial charge on any atom is -0.465 e. The van der Waals surface area contributed by atoms with Crippen LogP contribution in [-0.2, 0) is 11.2 Å². The van der Waals surface area contributed by atoms with Gasteiger partial charge in [0.1, 0.15) is 0 Å². The summed E-state index contributed by atoms with van der Waals surface area (Å²) in [5.74, 6) is -0.308. The van der Waals surface area contributed by atoms with Gasteiger partial charge in [0.15, 0.2) is 0 Å². The van der Waals surface area contributed by atoms with Gasteiger partial charge >= 0.3 is 5.97 Å². The van der Waals surface area contributed by atoms with E-state index < -0.39 is 0 Å². The Labute approximate surface area is 132 Å². The van der Waals surface area contributed by atoms with Crippen LogP contribution in [0.5, 0.6) is 0 Å². The average Bonchev–Trinajstić information content (AvgIpc) is 2.54. The maximum atomic E-state index is 12.1. The SMILES string of the molecule is CCc1c(-c2ccccc2)ccc(C(=O)OC)c1NC(C)C. The molecule has 0 amide bonds. The fourth-order valence-corrected chi connectivity index (χ4v) is 2.64. The van der Waals surface area contributed by atoms with Crippen molar-refractivity contribution in [2.45, 2.75) is 33.2 Å². The van der Waals surface area contributed by atoms with Crippen molar-refractivity contribution in [3.63, 3.8) is 0 Å². The Kier molecular flexibility index (Phi) is 5.21. The van der Waals surface area contributed by atoms with Gasteiger partial charge in [-0.15, -0.1) is 0 Å². The first-order valence-corrected chi connectivity index (χ1v) is 7.64. The van der Waals surface area contributed by atoms with E-state index in [-0.39, 0.29) is 12.0 Å². The number of nitrogens with one attached hydrogen (secondary N) is 1. The Morgan fingerprint density at radius 1 is 1.14 bits per heavy atom. The van der Waals surface area contributed by atoms with Gasteiger partial charge in [-0.25, -0.2) is 4.79 Å². The van der Waals surface area contributed by atoms with Gasteiger partial charge in [0.25, 0.3) is 0 Å². The van der Waals surface area contributed by atoms with Crippen molar-refractivity contribution >= 4 is 11.7 Å². The molecular formula is C19H23NO2. The molecule has 0 radical (unpaired) electrons. The molecule has 3 heteroatoms. The number of ether oxygens (including phenoxy) is 1. The molecule has 0 saturated heterocycles. The highest BCUT2D eigenvalue weighted by molar-refractivity contribution is 5.98. The molecule has 116 valence electrons. The summed E-state index contributed by atoms with van der Waals surface area (Å²) in [5, 5.41) is 3.42. The van der Waals surface area contributed by atoms with Gasteiger partial charge in [-0.05, 0) is 43.0 Å². The normalized spacial score (nSPS) is 10.6. The maximum Gasteiger partial charge on any atom is 0.339 e. The number of rotatable bonds is 5. The minimum atomic E-state index is -0.308. The average molecular weight is 297 g/mol. The third kappa shape index (κ3) is 3.30. The third-order valence-electron chi connectivity index (χ3n) is 3.59. The zero-order valence-corrected chi connectivity index (χ0v) is 13.6. The zero-order chi connectivity index (χ0) is 16.1. The Hall–Kier alpha value is -2.29. The van der Waals surface area contributed by atoms with E-state index in [4.69, 9.17) is 4.74 Å². The van der Waals surface area contributed by atoms with Gasteiger partial charge in [-0.1, -0.05) is 43.3 Å². The predicted octanol–water partition coefficient (Wildman–Crippen LogP) is 4.52. The van der Waals surface area contributed by atoms with Crippen LogP contribution >= 0.6 is 0 Å². The van der Waals surface area contributed by atoms with E-state index >= 15 is 0 Å². The van der Waals surface area contributed by atoms with Crippen molar-refractivity contribution < 1.29 is 9.53 Å². The molecule has 3 nitrogen and oxygen atoms in total. The largest absolute Gasteiger partial charge is 0.465 e. The highest BCUT2D eigenvalue weighted by Gasteiger charge is 2.19. The molecule has 0 spiro atoms. The molecule has 0 atom stereocenters. The van der Waals surface area contributed by atoms with E-state index in [0.29, 0.717) is 5.56 Å². The first-order valence-electron chi connectivity index (χ1n) is 7.64. The van der Waals surface area contributed by atoms with Crippen molar-refractivity contribution in [2.75, 3.05) is 12.4 Å². The highest BCUT2D eigenvalue weighted by atomic mass is 16.5. The van der Waals surface area contributed by atoms with Gasteiger partial charge in [0.05, 0.1) is 18.4 Å². The molecule has 0 fully saturated rings. The summed E-state index contributed by atoms with van der Waals surface area (Å²) in [6, 6.07) is 14.3. The standard InChI is InChI=1S/C19H23NO2/c1-5-15-16(14-9-7-6-8-10-14)11-12-17(19(21)22-4)18(15)20-13(2)3/h6-13,20H,5H2,1-4H3. The van der Waals surface area contributed by atoms with E-state index in [0.717, 1.165) is 28.8 Å². The zero-order valence-electron chi connectivity index (χ0n) is 13.6. The number of benzene rings is 2. The molecule has 22 heavy (non-hydrogen) atoms. The molecule has 2 aromatic carbocycles. The van der Waals surface area contributed by atoms with E-state index in [2.05, 4.69) is 38.2 Å². The first-order chi connectivity index (χ1) is 10.6. The second-order valence-electron chi connectivity index (χ2n) is 5.52. The summed E-state index contributed by atoms with van der Waals surface area (Å²) >= 11 is 0. The highest BCUT2D eigenvalue weighted by Crippen LogP contribution is 2.33. The third-order valence-corrected chi connectivity index (χ3v) is 3.59. The van der Waals surface area contributed by atoms with Crippen molar-refractivity contribution in [1.29, 1.82) is 0 Å². The Bertz CT molecular complexity index is 648. The lowest BCUT2D eigenvalue weighted by molar-refractivity contribution is 0.0601. The van der Waals surface area contributed by atoms with Crippen LogP contribution in [0.4, 0.5) is 5.69 Å². The minimum absolute atomic E-state index is 0.236. The van der Waals surface area contributed by atoms with Gasteiger partial charge in [0.2, 0.25) is 0 Å². The van der Waals surface area contributed by atoms with Crippen LogP contribution in [0.1, 0.15) is 36.7 Å². The Balaban J connectivity index is 2.65. The maximum absolute atomic E-state index is 12.1. The van der Waals surface area contributed by atoms with Crippen molar-refractivity contribution in [1.82, 2.24) is 0 Å². The summed E-state index contributed by atoms with van der Waals surface area (Å²) in [6.07, 6.45) is 0.837. The second kappa shape index (κ2) is 7.12. The fourth-order valence-electron chi connectivity index (χ4n) is 2.64. The van der Waals surface area contributed by atoms with Crippen molar-refractivity contribution in [3.8, 4) is 11.1 Å². The number of hydrogen-bond acceptors (Lipinski definition) is 3. The van der Waals surface area contributed by atoms with E-state index in [1.54, 1.807) is 0 Å². The van der Waals surface area contributed by atoms with E-state index in [1.807, 2.05) is 30.3 Å². The molecule has 2 aromatic rings. The molecule has 0 aliphatic heterocycles. The van der Waals surface area contributed by atoms with Crippen LogP contribution in [-0.4, -0.2) is 19.1 Å². The summed E-state index contributed by atoms with van der Waals surface area (Å²) < 4.78 is 4.92. The molecule has 0 bridgehead atoms. The van der Waals surface area contributed by atoms with E-state index in [1.165, 1.54) is 7.11 Å². The summed E-state index contributed by atoms with van der Waals surface area (Å²) in [5.41, 5.74) is 4.92. The molecular weight excluding hydrogens is 274 g/mol. The van der Waals surface area contributed by atoms with Crippen LogP contribution in [0.15, 0.2) is 42.5 Å². The smallest absolute Gasteiger partial charge is 0.339 e. The molecule has 1 N–H and O–H groups in total. The fraction of sp³-hybridized carbons (Fsp3) is 0.316. The van der Waals surface area contributed by atoms with Crippen LogP contribution in [0, 0.1) is 0 Å². The quantitative estimate of drug-likeness (QED) is 0.824. The number of carbonyl (C=O) groups excluding carboxylic acids is 1.